The first-order valence-corrected chi connectivity index (χ1v) is 11.1. The van der Waals surface area contributed by atoms with Gasteiger partial charge in [0.25, 0.3) is 0 Å². The molecule has 5 nitrogen and oxygen atoms in total. The van der Waals surface area contributed by atoms with Gasteiger partial charge in [0, 0.05) is 25.9 Å². The molecule has 3 rings (SSSR count). The third-order valence-electron chi connectivity index (χ3n) is 5.33. The molecule has 1 aromatic rings. The maximum Gasteiger partial charge on any atom is 0.416 e. The predicted octanol–water partition coefficient (Wildman–Crippen LogP) is 4.44. The predicted molar refractivity (Wildman–Crippen MR) is 99.4 cm³/mol. The lowest BCUT2D eigenvalue weighted by molar-refractivity contribution is -0.137. The molecule has 0 radical (unpaired) electrons. The molecule has 156 valence electrons. The van der Waals surface area contributed by atoms with E-state index in [-0.39, 0.29) is 18.0 Å². The summed E-state index contributed by atoms with van der Waals surface area (Å²) in [4.78, 5) is 5.13. The van der Waals surface area contributed by atoms with Crippen LogP contribution in [-0.2, 0) is 21.0 Å². The second kappa shape index (κ2) is 8.82. The summed E-state index contributed by atoms with van der Waals surface area (Å²) in [6, 6.07) is 3.86. The monoisotopic (exact) mass is 418 g/mol. The molecule has 1 heterocycles. The number of alkyl halides is 3. The molecule has 1 aliphatic heterocycles. The molecule has 0 aromatic heterocycles. The fourth-order valence-electron chi connectivity index (χ4n) is 3.65. The zero-order valence-corrected chi connectivity index (χ0v) is 16.4. The van der Waals surface area contributed by atoms with Crippen LogP contribution in [0.2, 0.25) is 0 Å². The average Bonchev–Trinajstić information content (AvgIpc) is 2.69. The molecule has 9 heteroatoms. The molecule has 2 fully saturated rings. The van der Waals surface area contributed by atoms with E-state index < -0.39 is 21.8 Å². The lowest BCUT2D eigenvalue weighted by Crippen LogP contribution is -2.38. The van der Waals surface area contributed by atoms with E-state index in [2.05, 4.69) is 5.16 Å². The van der Waals surface area contributed by atoms with E-state index in [1.165, 1.54) is 29.6 Å². The van der Waals surface area contributed by atoms with Crippen LogP contribution in [0, 0.1) is 5.92 Å². The minimum Gasteiger partial charge on any atom is -0.396 e. The Morgan fingerprint density at radius 3 is 2.43 bits per heavy atom. The molecule has 1 aliphatic carbocycles. The molecule has 0 atom stereocenters. The number of hydrogen-bond acceptors (Lipinski definition) is 4. The molecular formula is C19H25F3N2O3S. The van der Waals surface area contributed by atoms with Crippen molar-refractivity contribution in [3.05, 3.63) is 29.8 Å². The Hall–Kier alpha value is -1.61. The van der Waals surface area contributed by atoms with Crippen molar-refractivity contribution in [1.29, 1.82) is 0 Å². The normalized spacial score (nSPS) is 20.2. The smallest absolute Gasteiger partial charge is 0.396 e. The standard InChI is InChI=1S/C19H25F3N2O3S/c20-19(21,22)16-7-4-8-18(13-16)28(25,26)24-11-9-17(10-12-24)23-27-14-15-5-2-1-3-6-15/h4,7-8,13,15H,1-3,5-6,9-12,14H2. The zero-order valence-electron chi connectivity index (χ0n) is 15.6. The van der Waals surface area contributed by atoms with Gasteiger partial charge in [-0.2, -0.15) is 17.5 Å². The Balaban J connectivity index is 1.57. The summed E-state index contributed by atoms with van der Waals surface area (Å²) in [6.07, 6.45) is 2.32. The lowest BCUT2D eigenvalue weighted by Gasteiger charge is -2.27. The van der Waals surface area contributed by atoms with E-state index in [0.717, 1.165) is 30.7 Å². The Bertz CT molecular complexity index is 793. The van der Waals surface area contributed by atoms with Crippen LogP contribution in [0.1, 0.15) is 50.5 Å². The Morgan fingerprint density at radius 1 is 1.11 bits per heavy atom. The number of hydrogen-bond donors (Lipinski definition) is 0. The van der Waals surface area contributed by atoms with Crippen molar-refractivity contribution >= 4 is 15.7 Å². The van der Waals surface area contributed by atoms with Crippen molar-refractivity contribution in [3.63, 3.8) is 0 Å². The summed E-state index contributed by atoms with van der Waals surface area (Å²) in [7, 11) is -3.97. The van der Waals surface area contributed by atoms with E-state index in [0.29, 0.717) is 31.4 Å². The first kappa shape index (κ1) is 21.1. The molecule has 2 aliphatic rings. The number of halogens is 3. The van der Waals surface area contributed by atoms with Crippen LogP contribution in [0.5, 0.6) is 0 Å². The van der Waals surface area contributed by atoms with Gasteiger partial charge < -0.3 is 4.84 Å². The highest BCUT2D eigenvalue weighted by atomic mass is 32.2. The van der Waals surface area contributed by atoms with Gasteiger partial charge in [-0.15, -0.1) is 0 Å². The molecular weight excluding hydrogens is 393 g/mol. The van der Waals surface area contributed by atoms with Crippen molar-refractivity contribution in [2.45, 2.75) is 56.0 Å². The van der Waals surface area contributed by atoms with Gasteiger partial charge >= 0.3 is 6.18 Å². The maximum atomic E-state index is 12.9. The molecule has 0 spiro atoms. The van der Waals surface area contributed by atoms with Crippen LogP contribution in [0.25, 0.3) is 0 Å². The van der Waals surface area contributed by atoms with Gasteiger partial charge in [0.1, 0.15) is 6.61 Å². The Kier molecular flexibility index (Phi) is 6.65. The largest absolute Gasteiger partial charge is 0.416 e. The van der Waals surface area contributed by atoms with E-state index in [1.807, 2.05) is 0 Å². The Labute approximate surface area is 163 Å². The SMILES string of the molecule is O=S(=O)(c1cccc(C(F)(F)F)c1)N1CCC(=NOCC2CCCCC2)CC1. The fraction of sp³-hybridized carbons (Fsp3) is 0.632. The first-order chi connectivity index (χ1) is 13.3. The third-order valence-corrected chi connectivity index (χ3v) is 7.22. The first-order valence-electron chi connectivity index (χ1n) is 9.62. The number of piperidine rings is 1. The number of oxime groups is 1. The van der Waals surface area contributed by atoms with Gasteiger partial charge in [-0.3, -0.25) is 0 Å². The van der Waals surface area contributed by atoms with Gasteiger partial charge in [0.15, 0.2) is 0 Å². The van der Waals surface area contributed by atoms with Gasteiger partial charge in [-0.05, 0) is 37.0 Å². The second-order valence-corrected chi connectivity index (χ2v) is 9.32. The zero-order chi connectivity index (χ0) is 20.2. The number of sulfonamides is 1. The summed E-state index contributed by atoms with van der Waals surface area (Å²) in [6.45, 7) is 0.962. The van der Waals surface area contributed by atoms with Gasteiger partial charge in [0.05, 0.1) is 16.2 Å². The highest BCUT2D eigenvalue weighted by Gasteiger charge is 2.33. The van der Waals surface area contributed by atoms with Gasteiger partial charge in [-0.1, -0.05) is 30.5 Å². The van der Waals surface area contributed by atoms with E-state index in [4.69, 9.17) is 4.84 Å². The summed E-state index contributed by atoms with van der Waals surface area (Å²) >= 11 is 0. The van der Waals surface area contributed by atoms with E-state index in [1.54, 1.807) is 0 Å². The molecule has 0 unspecified atom stereocenters. The van der Waals surface area contributed by atoms with Crippen molar-refractivity contribution in [1.82, 2.24) is 4.31 Å². The quantitative estimate of drug-likeness (QED) is 0.664. The highest BCUT2D eigenvalue weighted by Crippen LogP contribution is 2.31. The summed E-state index contributed by atoms with van der Waals surface area (Å²) in [5.41, 5.74) is -0.171. The van der Waals surface area contributed by atoms with Crippen LogP contribution < -0.4 is 0 Å². The van der Waals surface area contributed by atoms with Gasteiger partial charge in [0.2, 0.25) is 10.0 Å². The summed E-state index contributed by atoms with van der Waals surface area (Å²) in [5.74, 6) is 0.541. The summed E-state index contributed by atoms with van der Waals surface area (Å²) < 4.78 is 65.2. The van der Waals surface area contributed by atoms with Crippen LogP contribution in [0.4, 0.5) is 13.2 Å². The number of nitrogens with zero attached hydrogens (tertiary/aromatic N) is 2. The summed E-state index contributed by atoms with van der Waals surface area (Å²) in [5, 5.41) is 4.16. The third kappa shape index (κ3) is 5.26. The molecule has 0 bridgehead atoms. The minimum atomic E-state index is -4.58. The lowest BCUT2D eigenvalue weighted by atomic mass is 9.90. The molecule has 1 aromatic carbocycles. The molecule has 0 amide bonds. The van der Waals surface area contributed by atoms with E-state index in [9.17, 15) is 21.6 Å². The maximum absolute atomic E-state index is 12.9. The van der Waals surface area contributed by atoms with Crippen molar-refractivity contribution in [2.24, 2.45) is 11.1 Å². The van der Waals surface area contributed by atoms with E-state index >= 15 is 0 Å². The van der Waals surface area contributed by atoms with Crippen LogP contribution in [-0.4, -0.2) is 38.1 Å². The number of rotatable bonds is 5. The molecule has 1 saturated heterocycles. The average molecular weight is 418 g/mol. The van der Waals surface area contributed by atoms with Crippen molar-refractivity contribution in [3.8, 4) is 0 Å². The van der Waals surface area contributed by atoms with Gasteiger partial charge in [-0.25, -0.2) is 8.42 Å². The topological polar surface area (TPSA) is 59.0 Å². The van der Waals surface area contributed by atoms with Crippen molar-refractivity contribution in [2.75, 3.05) is 19.7 Å². The Morgan fingerprint density at radius 2 is 1.79 bits per heavy atom. The minimum absolute atomic E-state index is 0.185. The highest BCUT2D eigenvalue weighted by molar-refractivity contribution is 7.89. The van der Waals surface area contributed by atoms with Crippen LogP contribution in [0.3, 0.4) is 0 Å². The molecule has 28 heavy (non-hydrogen) atoms. The fourth-order valence-corrected chi connectivity index (χ4v) is 5.13. The molecule has 1 saturated carbocycles. The van der Waals surface area contributed by atoms with Crippen LogP contribution >= 0.6 is 0 Å². The number of benzene rings is 1. The second-order valence-electron chi connectivity index (χ2n) is 7.39. The molecule has 0 N–H and O–H groups in total. The van der Waals surface area contributed by atoms with Crippen molar-refractivity contribution < 1.29 is 26.4 Å². The van der Waals surface area contributed by atoms with Crippen LogP contribution in [0.15, 0.2) is 34.3 Å².